The fourth-order valence-corrected chi connectivity index (χ4v) is 0.913. The molecule has 0 aliphatic heterocycles. The first-order chi connectivity index (χ1) is 6.69. The highest BCUT2D eigenvalue weighted by atomic mass is 16.5. The summed E-state index contributed by atoms with van der Waals surface area (Å²) in [6.45, 7) is 1.98. The number of nitrogens with zero attached hydrogens (tertiary/aromatic N) is 1. The third-order valence-electron chi connectivity index (χ3n) is 1.59. The molecule has 0 amide bonds. The van der Waals surface area contributed by atoms with Gasteiger partial charge in [0, 0.05) is 6.20 Å². The molecule has 1 heterocycles. The molecule has 0 radical (unpaired) electrons. The average molecular weight is 194 g/mol. The van der Waals surface area contributed by atoms with E-state index in [0.717, 1.165) is 0 Å². The third-order valence-corrected chi connectivity index (χ3v) is 1.59. The monoisotopic (exact) mass is 194 g/mol. The lowest BCUT2D eigenvalue weighted by molar-refractivity contribution is 0.0526. The standard InChI is InChI=1S/C9H10N2O3/c1-2-14-9(13)6-3-7(5-12)8(10)11-4-6/h3-5H,2H2,1H3,(H2,10,11). The first kappa shape index (κ1) is 10.2. The van der Waals surface area contributed by atoms with Crippen LogP contribution in [0, 0.1) is 0 Å². The van der Waals surface area contributed by atoms with E-state index in [1.54, 1.807) is 6.92 Å². The van der Waals surface area contributed by atoms with Gasteiger partial charge in [0.2, 0.25) is 0 Å². The largest absolute Gasteiger partial charge is 0.462 e. The Balaban J connectivity index is 3.00. The van der Waals surface area contributed by atoms with E-state index >= 15 is 0 Å². The zero-order valence-corrected chi connectivity index (χ0v) is 7.69. The van der Waals surface area contributed by atoms with Gasteiger partial charge < -0.3 is 10.5 Å². The Morgan fingerprint density at radius 2 is 2.43 bits per heavy atom. The highest BCUT2D eigenvalue weighted by Gasteiger charge is 2.09. The van der Waals surface area contributed by atoms with Crippen molar-refractivity contribution >= 4 is 18.1 Å². The maximum atomic E-state index is 11.2. The van der Waals surface area contributed by atoms with Crippen molar-refractivity contribution in [2.75, 3.05) is 12.3 Å². The molecule has 5 nitrogen and oxygen atoms in total. The Morgan fingerprint density at radius 1 is 1.71 bits per heavy atom. The van der Waals surface area contributed by atoms with Crippen molar-refractivity contribution in [2.24, 2.45) is 0 Å². The van der Waals surface area contributed by atoms with Crippen LogP contribution in [0.25, 0.3) is 0 Å². The minimum Gasteiger partial charge on any atom is -0.462 e. The molecule has 0 saturated heterocycles. The number of nitrogen functional groups attached to an aromatic ring is 1. The summed E-state index contributed by atoms with van der Waals surface area (Å²) in [7, 11) is 0. The maximum Gasteiger partial charge on any atom is 0.339 e. The van der Waals surface area contributed by atoms with E-state index in [1.807, 2.05) is 0 Å². The van der Waals surface area contributed by atoms with Gasteiger partial charge in [0.15, 0.2) is 6.29 Å². The quantitative estimate of drug-likeness (QED) is 0.564. The van der Waals surface area contributed by atoms with Gasteiger partial charge in [0.05, 0.1) is 17.7 Å². The molecule has 0 bridgehead atoms. The third kappa shape index (κ3) is 2.07. The Morgan fingerprint density at radius 3 is 3.00 bits per heavy atom. The van der Waals surface area contributed by atoms with Gasteiger partial charge in [-0.1, -0.05) is 0 Å². The summed E-state index contributed by atoms with van der Waals surface area (Å²) in [6, 6.07) is 1.35. The highest BCUT2D eigenvalue weighted by Crippen LogP contribution is 2.09. The lowest BCUT2D eigenvalue weighted by Crippen LogP contribution is -2.07. The van der Waals surface area contributed by atoms with Gasteiger partial charge in [-0.15, -0.1) is 0 Å². The normalized spacial score (nSPS) is 9.50. The number of anilines is 1. The van der Waals surface area contributed by atoms with Crippen molar-refractivity contribution < 1.29 is 14.3 Å². The number of aromatic nitrogens is 1. The molecular weight excluding hydrogens is 184 g/mol. The molecule has 1 aromatic heterocycles. The van der Waals surface area contributed by atoms with E-state index in [1.165, 1.54) is 12.3 Å². The van der Waals surface area contributed by atoms with Gasteiger partial charge >= 0.3 is 5.97 Å². The van der Waals surface area contributed by atoms with Crippen molar-refractivity contribution in [3.63, 3.8) is 0 Å². The zero-order chi connectivity index (χ0) is 10.6. The Labute approximate surface area is 80.9 Å². The van der Waals surface area contributed by atoms with Gasteiger partial charge in [-0.05, 0) is 13.0 Å². The summed E-state index contributed by atoms with van der Waals surface area (Å²) in [6.07, 6.45) is 1.82. The minimum atomic E-state index is -0.511. The minimum absolute atomic E-state index is 0.105. The highest BCUT2D eigenvalue weighted by molar-refractivity contribution is 5.92. The van der Waals surface area contributed by atoms with Crippen molar-refractivity contribution in [2.45, 2.75) is 6.92 Å². The van der Waals surface area contributed by atoms with Crippen LogP contribution in [0.3, 0.4) is 0 Å². The van der Waals surface area contributed by atoms with E-state index in [-0.39, 0.29) is 23.6 Å². The van der Waals surface area contributed by atoms with Crippen LogP contribution in [0.15, 0.2) is 12.3 Å². The van der Waals surface area contributed by atoms with Gasteiger partial charge in [0.25, 0.3) is 0 Å². The van der Waals surface area contributed by atoms with Crippen molar-refractivity contribution in [1.82, 2.24) is 4.98 Å². The molecule has 74 valence electrons. The number of carbonyl (C=O) groups excluding carboxylic acids is 2. The second kappa shape index (κ2) is 4.36. The fourth-order valence-electron chi connectivity index (χ4n) is 0.913. The number of esters is 1. The van der Waals surface area contributed by atoms with Crippen molar-refractivity contribution in [3.8, 4) is 0 Å². The van der Waals surface area contributed by atoms with E-state index in [9.17, 15) is 9.59 Å². The predicted molar refractivity (Wildman–Crippen MR) is 50.0 cm³/mol. The molecule has 0 atom stereocenters. The number of hydrogen-bond donors (Lipinski definition) is 1. The van der Waals surface area contributed by atoms with Crippen LogP contribution in [0.4, 0.5) is 5.82 Å². The summed E-state index contributed by atoms with van der Waals surface area (Å²) in [4.78, 5) is 25.4. The van der Waals surface area contributed by atoms with Crippen LogP contribution in [-0.2, 0) is 4.74 Å². The Hall–Kier alpha value is -1.91. The number of rotatable bonds is 3. The smallest absolute Gasteiger partial charge is 0.339 e. The summed E-state index contributed by atoms with van der Waals surface area (Å²) in [5.74, 6) is -0.406. The molecule has 0 aromatic carbocycles. The number of pyridine rings is 1. The predicted octanol–water partition coefficient (Wildman–Crippen LogP) is 0.653. The van der Waals surface area contributed by atoms with Crippen LogP contribution in [0.2, 0.25) is 0 Å². The number of nitrogens with two attached hydrogens (primary N) is 1. The lowest BCUT2D eigenvalue weighted by atomic mass is 10.2. The SMILES string of the molecule is CCOC(=O)c1cnc(N)c(C=O)c1. The molecule has 5 heteroatoms. The summed E-state index contributed by atoms with van der Waals surface area (Å²) in [5, 5.41) is 0. The molecule has 1 aromatic rings. The first-order valence-corrected chi connectivity index (χ1v) is 4.06. The zero-order valence-electron chi connectivity index (χ0n) is 7.69. The van der Waals surface area contributed by atoms with E-state index in [0.29, 0.717) is 6.29 Å². The topological polar surface area (TPSA) is 82.3 Å². The van der Waals surface area contributed by atoms with Crippen LogP contribution < -0.4 is 5.73 Å². The van der Waals surface area contributed by atoms with Crippen LogP contribution in [0.1, 0.15) is 27.6 Å². The fraction of sp³-hybridized carbons (Fsp3) is 0.222. The molecule has 0 aliphatic carbocycles. The number of ether oxygens (including phenoxy) is 1. The Kier molecular flexibility index (Phi) is 3.17. The van der Waals surface area contributed by atoms with Crippen LogP contribution >= 0.6 is 0 Å². The summed E-state index contributed by atoms with van der Waals surface area (Å²) in [5.41, 5.74) is 5.80. The van der Waals surface area contributed by atoms with E-state index in [2.05, 4.69) is 4.98 Å². The van der Waals surface area contributed by atoms with Gasteiger partial charge in [-0.3, -0.25) is 4.79 Å². The molecule has 2 N–H and O–H groups in total. The molecule has 0 unspecified atom stereocenters. The van der Waals surface area contributed by atoms with Gasteiger partial charge in [-0.2, -0.15) is 0 Å². The molecule has 1 rings (SSSR count). The van der Waals surface area contributed by atoms with Crippen molar-refractivity contribution in [1.29, 1.82) is 0 Å². The molecule has 0 aliphatic rings. The summed E-state index contributed by atoms with van der Waals surface area (Å²) >= 11 is 0. The number of carbonyl (C=O) groups is 2. The second-order valence-electron chi connectivity index (χ2n) is 2.54. The second-order valence-corrected chi connectivity index (χ2v) is 2.54. The molecular formula is C9H10N2O3. The molecule has 0 saturated carbocycles. The van der Waals surface area contributed by atoms with Crippen LogP contribution in [-0.4, -0.2) is 23.8 Å². The lowest BCUT2D eigenvalue weighted by Gasteiger charge is -2.02. The van der Waals surface area contributed by atoms with E-state index < -0.39 is 5.97 Å². The van der Waals surface area contributed by atoms with E-state index in [4.69, 9.17) is 10.5 Å². The Bertz CT molecular complexity index is 363. The average Bonchev–Trinajstić information content (AvgIpc) is 2.19. The van der Waals surface area contributed by atoms with Crippen LogP contribution in [0.5, 0.6) is 0 Å². The first-order valence-electron chi connectivity index (χ1n) is 4.06. The van der Waals surface area contributed by atoms with Gasteiger partial charge in [0.1, 0.15) is 5.82 Å². The van der Waals surface area contributed by atoms with Gasteiger partial charge in [-0.25, -0.2) is 9.78 Å². The summed E-state index contributed by atoms with van der Waals surface area (Å²) < 4.78 is 4.73. The molecule has 14 heavy (non-hydrogen) atoms. The maximum absolute atomic E-state index is 11.2. The number of hydrogen-bond acceptors (Lipinski definition) is 5. The number of aldehydes is 1. The molecule has 0 spiro atoms. The molecule has 0 fully saturated rings. The van der Waals surface area contributed by atoms with Crippen molar-refractivity contribution in [3.05, 3.63) is 23.4 Å².